The molecule has 0 unspecified atom stereocenters. The number of ether oxygens (including phenoxy) is 1. The van der Waals surface area contributed by atoms with Gasteiger partial charge < -0.3 is 10.1 Å². The van der Waals surface area contributed by atoms with E-state index in [0.29, 0.717) is 0 Å². The molecule has 1 aromatic carbocycles. The molecule has 110 valence electrons. The molecule has 0 saturated carbocycles. The smallest absolute Gasteiger partial charge is 0.417 e. The van der Waals surface area contributed by atoms with Crippen LogP contribution in [0.4, 0.5) is 18.0 Å². The van der Waals surface area contributed by atoms with Crippen LogP contribution in [0.3, 0.4) is 0 Å². The minimum absolute atomic E-state index is 0.107. The van der Waals surface area contributed by atoms with Crippen LogP contribution in [0.25, 0.3) is 0 Å². The summed E-state index contributed by atoms with van der Waals surface area (Å²) < 4.78 is 43.5. The summed E-state index contributed by atoms with van der Waals surface area (Å²) in [6, 6.07) is 3.04. The summed E-state index contributed by atoms with van der Waals surface area (Å²) in [4.78, 5) is 11.3. The molecule has 0 aromatic heterocycles. The number of nitrogens with one attached hydrogen (secondary N) is 1. The Morgan fingerprint density at radius 1 is 1.40 bits per heavy atom. The SMILES string of the molecule is CC1(C)COC(=O)N[C@@H]1c1cccc(C(F)(F)F)c1Cl. The van der Waals surface area contributed by atoms with Crippen molar-refractivity contribution in [3.05, 3.63) is 34.3 Å². The fraction of sp³-hybridized carbons (Fsp3) is 0.462. The fourth-order valence-electron chi connectivity index (χ4n) is 2.18. The Kier molecular flexibility index (Phi) is 3.62. The van der Waals surface area contributed by atoms with E-state index in [1.807, 2.05) is 0 Å². The average Bonchev–Trinajstić information content (AvgIpc) is 2.31. The highest BCUT2D eigenvalue weighted by Crippen LogP contribution is 2.43. The maximum Gasteiger partial charge on any atom is 0.417 e. The predicted octanol–water partition coefficient (Wildman–Crippen LogP) is 4.17. The Bertz CT molecular complexity index is 543. The molecule has 2 rings (SSSR count). The van der Waals surface area contributed by atoms with Gasteiger partial charge in [0.25, 0.3) is 0 Å². The van der Waals surface area contributed by atoms with Gasteiger partial charge in [-0.05, 0) is 11.6 Å². The number of hydrogen-bond donors (Lipinski definition) is 1. The summed E-state index contributed by atoms with van der Waals surface area (Å²) >= 11 is 5.89. The number of benzene rings is 1. The van der Waals surface area contributed by atoms with Gasteiger partial charge in [0, 0.05) is 5.41 Å². The molecule has 20 heavy (non-hydrogen) atoms. The Morgan fingerprint density at radius 2 is 2.05 bits per heavy atom. The molecule has 1 N–H and O–H groups in total. The zero-order chi connectivity index (χ0) is 15.1. The molecule has 1 fully saturated rings. The molecule has 1 aliphatic heterocycles. The number of carbonyl (C=O) groups is 1. The van der Waals surface area contributed by atoms with Gasteiger partial charge in [-0.3, -0.25) is 0 Å². The van der Waals surface area contributed by atoms with Gasteiger partial charge in [-0.25, -0.2) is 4.79 Å². The summed E-state index contributed by atoms with van der Waals surface area (Å²) in [7, 11) is 0. The molecule has 1 aliphatic rings. The second-order valence-electron chi connectivity index (χ2n) is 5.35. The molecule has 7 heteroatoms. The number of halogens is 4. The molecule has 1 atom stereocenters. The molecule has 1 saturated heterocycles. The normalized spacial score (nSPS) is 22.1. The first kappa shape index (κ1) is 15.0. The third-order valence-electron chi connectivity index (χ3n) is 3.26. The lowest BCUT2D eigenvalue weighted by Crippen LogP contribution is -2.47. The molecule has 0 aliphatic carbocycles. The molecule has 3 nitrogen and oxygen atoms in total. The van der Waals surface area contributed by atoms with Crippen LogP contribution < -0.4 is 5.32 Å². The van der Waals surface area contributed by atoms with Crippen LogP contribution in [-0.4, -0.2) is 12.7 Å². The quantitative estimate of drug-likeness (QED) is 0.846. The van der Waals surface area contributed by atoms with Crippen LogP contribution in [-0.2, 0) is 10.9 Å². The van der Waals surface area contributed by atoms with Gasteiger partial charge in [0.2, 0.25) is 0 Å². The first-order valence-electron chi connectivity index (χ1n) is 5.92. The number of rotatable bonds is 1. The lowest BCUT2D eigenvalue weighted by Gasteiger charge is -2.39. The van der Waals surface area contributed by atoms with Gasteiger partial charge in [-0.2, -0.15) is 13.2 Å². The number of alkyl carbamates (subject to hydrolysis) is 1. The van der Waals surface area contributed by atoms with Crippen LogP contribution >= 0.6 is 11.6 Å². The molecule has 1 aromatic rings. The van der Waals surface area contributed by atoms with Crippen LogP contribution in [0.2, 0.25) is 5.02 Å². The minimum atomic E-state index is -4.54. The average molecular weight is 308 g/mol. The van der Waals surface area contributed by atoms with Crippen molar-refractivity contribution >= 4 is 17.7 Å². The molecule has 1 amide bonds. The third kappa shape index (κ3) is 2.70. The van der Waals surface area contributed by atoms with Crippen molar-refractivity contribution in [3.8, 4) is 0 Å². The minimum Gasteiger partial charge on any atom is -0.449 e. The molecule has 0 spiro atoms. The topological polar surface area (TPSA) is 38.3 Å². The van der Waals surface area contributed by atoms with E-state index in [2.05, 4.69) is 5.32 Å². The molecular formula is C13H13ClF3NO2. The van der Waals surface area contributed by atoms with Gasteiger partial charge >= 0.3 is 12.3 Å². The summed E-state index contributed by atoms with van der Waals surface area (Å²) in [6.07, 6.45) is -5.20. The number of cyclic esters (lactones) is 1. The second kappa shape index (κ2) is 4.84. The highest BCUT2D eigenvalue weighted by Gasteiger charge is 2.41. The fourth-order valence-corrected chi connectivity index (χ4v) is 2.52. The highest BCUT2D eigenvalue weighted by atomic mass is 35.5. The van der Waals surface area contributed by atoms with Crippen LogP contribution in [0.15, 0.2) is 18.2 Å². The van der Waals surface area contributed by atoms with Crippen molar-refractivity contribution in [2.75, 3.05) is 6.61 Å². The van der Waals surface area contributed by atoms with Gasteiger partial charge in [0.15, 0.2) is 0 Å². The maximum atomic E-state index is 12.9. The monoisotopic (exact) mass is 307 g/mol. The highest BCUT2D eigenvalue weighted by molar-refractivity contribution is 6.32. The van der Waals surface area contributed by atoms with Crippen molar-refractivity contribution in [2.24, 2.45) is 5.41 Å². The van der Waals surface area contributed by atoms with Crippen molar-refractivity contribution < 1.29 is 22.7 Å². The lowest BCUT2D eigenvalue weighted by molar-refractivity contribution is -0.137. The number of hydrogen-bond acceptors (Lipinski definition) is 2. The Morgan fingerprint density at radius 3 is 2.65 bits per heavy atom. The van der Waals surface area contributed by atoms with E-state index in [9.17, 15) is 18.0 Å². The zero-order valence-corrected chi connectivity index (χ0v) is 11.6. The van der Waals surface area contributed by atoms with Gasteiger partial charge in [0.05, 0.1) is 16.6 Å². The number of alkyl halides is 3. The number of carbonyl (C=O) groups excluding carboxylic acids is 1. The second-order valence-corrected chi connectivity index (χ2v) is 5.73. The van der Waals surface area contributed by atoms with Crippen molar-refractivity contribution in [3.63, 3.8) is 0 Å². The van der Waals surface area contributed by atoms with E-state index in [0.717, 1.165) is 6.07 Å². The van der Waals surface area contributed by atoms with Gasteiger partial charge in [-0.15, -0.1) is 0 Å². The Labute approximate surface area is 119 Å². The van der Waals surface area contributed by atoms with E-state index < -0.39 is 29.3 Å². The molecule has 0 bridgehead atoms. The van der Waals surface area contributed by atoms with Gasteiger partial charge in [-0.1, -0.05) is 37.6 Å². The molecule has 1 heterocycles. The summed E-state index contributed by atoms with van der Waals surface area (Å²) in [6.45, 7) is 3.68. The van der Waals surface area contributed by atoms with Gasteiger partial charge in [0.1, 0.15) is 6.61 Å². The lowest BCUT2D eigenvalue weighted by atomic mass is 9.80. The zero-order valence-electron chi connectivity index (χ0n) is 10.8. The maximum absolute atomic E-state index is 12.9. The van der Waals surface area contributed by atoms with Crippen molar-refractivity contribution in [1.29, 1.82) is 0 Å². The van der Waals surface area contributed by atoms with Crippen LogP contribution in [0.1, 0.15) is 31.0 Å². The summed E-state index contributed by atoms with van der Waals surface area (Å²) in [5.74, 6) is 0. The number of amides is 1. The standard InChI is InChI=1S/C13H13ClF3NO2/c1-12(2)6-20-11(19)18-10(12)7-4-3-5-8(9(7)14)13(15,16)17/h3-5,10H,6H2,1-2H3,(H,18,19)/t10-/m1/s1. The van der Waals surface area contributed by atoms with E-state index >= 15 is 0 Å². The Hall–Kier alpha value is -1.43. The van der Waals surface area contributed by atoms with Crippen LogP contribution in [0, 0.1) is 5.41 Å². The first-order chi connectivity index (χ1) is 9.13. The van der Waals surface area contributed by atoms with E-state index in [-0.39, 0.29) is 17.2 Å². The van der Waals surface area contributed by atoms with Crippen LogP contribution in [0.5, 0.6) is 0 Å². The third-order valence-corrected chi connectivity index (χ3v) is 3.69. The molecule has 0 radical (unpaired) electrons. The van der Waals surface area contributed by atoms with E-state index in [4.69, 9.17) is 16.3 Å². The largest absolute Gasteiger partial charge is 0.449 e. The van der Waals surface area contributed by atoms with Crippen molar-refractivity contribution in [2.45, 2.75) is 26.1 Å². The van der Waals surface area contributed by atoms with E-state index in [1.165, 1.54) is 12.1 Å². The first-order valence-corrected chi connectivity index (χ1v) is 6.29. The summed E-state index contributed by atoms with van der Waals surface area (Å²) in [5, 5.41) is 2.14. The Balaban J connectivity index is 2.49. The van der Waals surface area contributed by atoms with Crippen molar-refractivity contribution in [1.82, 2.24) is 5.32 Å². The van der Waals surface area contributed by atoms with E-state index in [1.54, 1.807) is 13.8 Å². The predicted molar refractivity (Wildman–Crippen MR) is 67.5 cm³/mol. The molecular weight excluding hydrogens is 295 g/mol. The summed E-state index contributed by atoms with van der Waals surface area (Å²) in [5.41, 5.74) is -1.24.